The van der Waals surface area contributed by atoms with Crippen molar-refractivity contribution in [3.8, 4) is 11.5 Å². The summed E-state index contributed by atoms with van der Waals surface area (Å²) in [5.41, 5.74) is 4.55. The molecule has 0 spiro atoms. The molecular weight excluding hydrogens is 374 g/mol. The van der Waals surface area contributed by atoms with Crippen LogP contribution in [-0.2, 0) is 13.0 Å². The van der Waals surface area contributed by atoms with Crippen molar-refractivity contribution in [2.75, 3.05) is 12.4 Å². The van der Waals surface area contributed by atoms with Crippen LogP contribution in [0.3, 0.4) is 0 Å². The number of carbonyl (C=O) groups is 1. The average molecular weight is 404 g/mol. The summed E-state index contributed by atoms with van der Waals surface area (Å²) in [6.45, 7) is 6.70. The van der Waals surface area contributed by atoms with E-state index in [9.17, 15) is 4.79 Å². The van der Waals surface area contributed by atoms with E-state index in [2.05, 4.69) is 32.2 Å². The fourth-order valence-corrected chi connectivity index (χ4v) is 3.30. The number of anilines is 1. The van der Waals surface area contributed by atoms with Crippen LogP contribution in [-0.4, -0.2) is 13.0 Å². The highest BCUT2D eigenvalue weighted by atomic mass is 16.5. The topological polar surface area (TPSA) is 47.6 Å². The zero-order valence-electron chi connectivity index (χ0n) is 18.1. The number of para-hydroxylation sites is 1. The van der Waals surface area contributed by atoms with Gasteiger partial charge >= 0.3 is 0 Å². The molecule has 3 rings (SSSR count). The van der Waals surface area contributed by atoms with Gasteiger partial charge in [-0.2, -0.15) is 0 Å². The summed E-state index contributed by atoms with van der Waals surface area (Å²) >= 11 is 0. The number of ether oxygens (including phenoxy) is 2. The molecule has 0 unspecified atom stereocenters. The Kier molecular flexibility index (Phi) is 7.12. The highest BCUT2D eigenvalue weighted by molar-refractivity contribution is 6.04. The van der Waals surface area contributed by atoms with Crippen molar-refractivity contribution in [3.63, 3.8) is 0 Å². The molecule has 0 aliphatic rings. The highest BCUT2D eigenvalue weighted by Gasteiger charge is 2.13. The predicted molar refractivity (Wildman–Crippen MR) is 122 cm³/mol. The fraction of sp³-hybridized carbons (Fsp3) is 0.269. The molecule has 0 fully saturated rings. The number of nitrogens with one attached hydrogen (secondary N) is 1. The number of benzene rings is 3. The molecule has 0 saturated carbocycles. The normalized spacial score (nSPS) is 10.7. The molecule has 30 heavy (non-hydrogen) atoms. The van der Waals surface area contributed by atoms with Crippen LogP contribution in [0.15, 0.2) is 66.7 Å². The van der Waals surface area contributed by atoms with E-state index < -0.39 is 0 Å². The molecule has 0 atom stereocenters. The van der Waals surface area contributed by atoms with Crippen molar-refractivity contribution in [1.82, 2.24) is 0 Å². The lowest BCUT2D eigenvalue weighted by Gasteiger charge is -2.16. The van der Waals surface area contributed by atoms with Gasteiger partial charge < -0.3 is 14.8 Å². The molecule has 0 bridgehead atoms. The minimum atomic E-state index is -0.161. The van der Waals surface area contributed by atoms with Crippen molar-refractivity contribution in [2.45, 2.75) is 39.7 Å². The lowest BCUT2D eigenvalue weighted by molar-refractivity contribution is 0.102. The molecule has 0 aliphatic heterocycles. The summed E-state index contributed by atoms with van der Waals surface area (Å²) in [6, 6.07) is 21.3. The molecule has 1 N–H and O–H groups in total. The van der Waals surface area contributed by atoms with Crippen molar-refractivity contribution in [2.24, 2.45) is 0 Å². The predicted octanol–water partition coefficient (Wildman–Crippen LogP) is 6.21. The molecule has 0 saturated heterocycles. The average Bonchev–Trinajstić information content (AvgIpc) is 2.78. The van der Waals surface area contributed by atoms with Gasteiger partial charge in [-0.3, -0.25) is 4.79 Å². The zero-order valence-corrected chi connectivity index (χ0v) is 18.1. The van der Waals surface area contributed by atoms with Crippen LogP contribution in [0.2, 0.25) is 0 Å². The maximum atomic E-state index is 12.7. The lowest BCUT2D eigenvalue weighted by atomic mass is 10.0. The van der Waals surface area contributed by atoms with Crippen molar-refractivity contribution in [3.05, 3.63) is 89.0 Å². The third kappa shape index (κ3) is 5.20. The SMILES string of the molecule is CCc1ccc(NC(=O)c2ccc(OC)c(COc3ccccc3C(C)C)c2)cc1. The second-order valence-electron chi connectivity index (χ2n) is 7.51. The molecule has 4 nitrogen and oxygen atoms in total. The van der Waals surface area contributed by atoms with Gasteiger partial charge in [-0.05, 0) is 59.9 Å². The van der Waals surface area contributed by atoms with Crippen molar-refractivity contribution < 1.29 is 14.3 Å². The van der Waals surface area contributed by atoms with Gasteiger partial charge in [0.1, 0.15) is 18.1 Å². The third-order valence-corrected chi connectivity index (χ3v) is 5.09. The van der Waals surface area contributed by atoms with Gasteiger partial charge in [0.25, 0.3) is 5.91 Å². The summed E-state index contributed by atoms with van der Waals surface area (Å²) in [5.74, 6) is 1.74. The number of rotatable bonds is 8. The van der Waals surface area contributed by atoms with E-state index in [0.29, 0.717) is 23.8 Å². The van der Waals surface area contributed by atoms with Crippen LogP contribution in [0.5, 0.6) is 11.5 Å². The molecule has 156 valence electrons. The maximum absolute atomic E-state index is 12.7. The first-order chi connectivity index (χ1) is 14.5. The Morgan fingerprint density at radius 2 is 1.70 bits per heavy atom. The van der Waals surface area contributed by atoms with Gasteiger partial charge in [0.15, 0.2) is 0 Å². The van der Waals surface area contributed by atoms with E-state index in [0.717, 1.165) is 29.0 Å². The van der Waals surface area contributed by atoms with Crippen LogP contribution < -0.4 is 14.8 Å². The van der Waals surface area contributed by atoms with Gasteiger partial charge in [-0.1, -0.05) is 51.1 Å². The minimum absolute atomic E-state index is 0.161. The van der Waals surface area contributed by atoms with E-state index in [4.69, 9.17) is 9.47 Å². The van der Waals surface area contributed by atoms with E-state index in [-0.39, 0.29) is 5.91 Å². The minimum Gasteiger partial charge on any atom is -0.496 e. The van der Waals surface area contributed by atoms with Gasteiger partial charge in [0.05, 0.1) is 7.11 Å². The van der Waals surface area contributed by atoms with Crippen molar-refractivity contribution >= 4 is 11.6 Å². The highest BCUT2D eigenvalue weighted by Crippen LogP contribution is 2.28. The first-order valence-electron chi connectivity index (χ1n) is 10.3. The van der Waals surface area contributed by atoms with E-state index in [1.54, 1.807) is 13.2 Å². The molecule has 0 heterocycles. The lowest BCUT2D eigenvalue weighted by Crippen LogP contribution is -2.13. The van der Waals surface area contributed by atoms with E-state index >= 15 is 0 Å². The van der Waals surface area contributed by atoms with Gasteiger partial charge in [-0.15, -0.1) is 0 Å². The number of methoxy groups -OCH3 is 1. The van der Waals surface area contributed by atoms with Gasteiger partial charge in [-0.25, -0.2) is 0 Å². The molecular formula is C26H29NO3. The Bertz CT molecular complexity index is 993. The summed E-state index contributed by atoms with van der Waals surface area (Å²) in [6.07, 6.45) is 0.968. The fourth-order valence-electron chi connectivity index (χ4n) is 3.30. The number of hydrogen-bond donors (Lipinski definition) is 1. The first kappa shape index (κ1) is 21.4. The molecule has 3 aromatic rings. The number of carbonyl (C=O) groups excluding carboxylic acids is 1. The van der Waals surface area contributed by atoms with Crippen LogP contribution in [0, 0.1) is 0 Å². The Balaban J connectivity index is 1.77. The Morgan fingerprint density at radius 1 is 0.967 bits per heavy atom. The standard InChI is InChI=1S/C26H29NO3/c1-5-19-10-13-22(14-11-19)27-26(28)20-12-15-24(29-4)21(16-20)17-30-25-9-7-6-8-23(25)18(2)3/h6-16,18H,5,17H2,1-4H3,(H,27,28). The molecule has 4 heteroatoms. The van der Waals surface area contributed by atoms with Crippen molar-refractivity contribution in [1.29, 1.82) is 0 Å². The summed E-state index contributed by atoms with van der Waals surface area (Å²) in [5, 5.41) is 2.95. The second kappa shape index (κ2) is 9.97. The summed E-state index contributed by atoms with van der Waals surface area (Å²) < 4.78 is 11.6. The second-order valence-corrected chi connectivity index (χ2v) is 7.51. The first-order valence-corrected chi connectivity index (χ1v) is 10.3. The summed E-state index contributed by atoms with van der Waals surface area (Å²) in [7, 11) is 1.62. The van der Waals surface area contributed by atoms with Crippen LogP contribution in [0.4, 0.5) is 5.69 Å². The Morgan fingerprint density at radius 3 is 2.37 bits per heavy atom. The number of aryl methyl sites for hydroxylation is 1. The monoisotopic (exact) mass is 403 g/mol. The van der Waals surface area contributed by atoms with Crippen LogP contribution >= 0.6 is 0 Å². The smallest absolute Gasteiger partial charge is 0.255 e. The zero-order chi connectivity index (χ0) is 21.5. The molecule has 3 aromatic carbocycles. The third-order valence-electron chi connectivity index (χ3n) is 5.09. The van der Waals surface area contributed by atoms with E-state index in [1.807, 2.05) is 54.6 Å². The quantitative estimate of drug-likeness (QED) is 0.486. The number of amides is 1. The van der Waals surface area contributed by atoms with E-state index in [1.165, 1.54) is 5.56 Å². The molecule has 1 amide bonds. The Labute approximate surface area is 178 Å². The molecule has 0 radical (unpaired) electrons. The largest absolute Gasteiger partial charge is 0.496 e. The summed E-state index contributed by atoms with van der Waals surface area (Å²) in [4.78, 5) is 12.7. The molecule has 0 aromatic heterocycles. The maximum Gasteiger partial charge on any atom is 0.255 e. The van der Waals surface area contributed by atoms with Gasteiger partial charge in [0.2, 0.25) is 0 Å². The number of hydrogen-bond acceptors (Lipinski definition) is 3. The van der Waals surface area contributed by atoms with Crippen LogP contribution in [0.25, 0.3) is 0 Å². The van der Waals surface area contributed by atoms with Gasteiger partial charge in [0, 0.05) is 16.8 Å². The van der Waals surface area contributed by atoms with Crippen LogP contribution in [0.1, 0.15) is 53.7 Å². The Hall–Kier alpha value is -3.27. The molecule has 0 aliphatic carbocycles.